The maximum absolute atomic E-state index is 11.6. The van der Waals surface area contributed by atoms with Crippen molar-refractivity contribution in [3.63, 3.8) is 0 Å². The Morgan fingerprint density at radius 3 is 3.06 bits per heavy atom. The second-order valence-corrected chi connectivity index (χ2v) is 4.02. The van der Waals surface area contributed by atoms with Crippen LogP contribution < -0.4 is 10.3 Å². The molecule has 5 nitrogen and oxygen atoms in total. The zero-order valence-electron chi connectivity index (χ0n) is 9.38. The first-order chi connectivity index (χ1) is 8.79. The standard InChI is InChI=1S/C13H9N3O2/c14-5-8-6-15-12(16-13(8)17)10-7-18-11-4-2-1-3-9(10)11/h1-4,6,10H,7H2,(H,15,16,17). The molecule has 0 saturated heterocycles. The third-order valence-electron chi connectivity index (χ3n) is 2.97. The van der Waals surface area contributed by atoms with Gasteiger partial charge in [-0.2, -0.15) is 5.26 Å². The third-order valence-corrected chi connectivity index (χ3v) is 2.97. The molecule has 1 atom stereocenters. The molecule has 0 radical (unpaired) electrons. The van der Waals surface area contributed by atoms with Crippen LogP contribution in [0.2, 0.25) is 0 Å². The first kappa shape index (κ1) is 10.5. The van der Waals surface area contributed by atoms with Crippen LogP contribution in [-0.4, -0.2) is 16.6 Å². The fourth-order valence-corrected chi connectivity index (χ4v) is 2.05. The summed E-state index contributed by atoms with van der Waals surface area (Å²) in [4.78, 5) is 18.4. The van der Waals surface area contributed by atoms with Crippen molar-refractivity contribution < 1.29 is 4.74 Å². The zero-order chi connectivity index (χ0) is 12.5. The Labute approximate surface area is 103 Å². The third kappa shape index (κ3) is 1.55. The van der Waals surface area contributed by atoms with E-state index in [4.69, 9.17) is 10.00 Å². The van der Waals surface area contributed by atoms with Crippen LogP contribution in [0.25, 0.3) is 0 Å². The Kier molecular flexibility index (Phi) is 2.34. The van der Waals surface area contributed by atoms with Crippen molar-refractivity contribution in [2.75, 3.05) is 6.61 Å². The van der Waals surface area contributed by atoms with Gasteiger partial charge in [0, 0.05) is 5.56 Å². The van der Waals surface area contributed by atoms with Gasteiger partial charge in [-0.1, -0.05) is 18.2 Å². The second-order valence-electron chi connectivity index (χ2n) is 4.02. The highest BCUT2D eigenvalue weighted by Gasteiger charge is 2.27. The van der Waals surface area contributed by atoms with Crippen molar-refractivity contribution in [3.8, 4) is 11.8 Å². The van der Waals surface area contributed by atoms with E-state index in [1.807, 2.05) is 24.3 Å². The lowest BCUT2D eigenvalue weighted by Crippen LogP contribution is -2.17. The molecule has 2 aromatic rings. The minimum atomic E-state index is -0.410. The van der Waals surface area contributed by atoms with E-state index >= 15 is 0 Å². The van der Waals surface area contributed by atoms with Gasteiger partial charge in [0.25, 0.3) is 5.56 Å². The van der Waals surface area contributed by atoms with Crippen molar-refractivity contribution in [2.24, 2.45) is 0 Å². The van der Waals surface area contributed by atoms with Crippen LogP contribution in [-0.2, 0) is 0 Å². The molecular weight excluding hydrogens is 230 g/mol. The van der Waals surface area contributed by atoms with Crippen molar-refractivity contribution in [1.82, 2.24) is 9.97 Å². The zero-order valence-corrected chi connectivity index (χ0v) is 9.38. The number of hydrogen-bond donors (Lipinski definition) is 1. The van der Waals surface area contributed by atoms with E-state index in [9.17, 15) is 4.79 Å². The number of aromatic nitrogens is 2. The van der Waals surface area contributed by atoms with Gasteiger partial charge in [0.2, 0.25) is 0 Å². The van der Waals surface area contributed by atoms with E-state index in [-0.39, 0.29) is 11.5 Å². The van der Waals surface area contributed by atoms with E-state index in [0.29, 0.717) is 12.4 Å². The molecule has 0 saturated carbocycles. The predicted molar refractivity (Wildman–Crippen MR) is 63.4 cm³/mol. The van der Waals surface area contributed by atoms with Crippen molar-refractivity contribution in [2.45, 2.75) is 5.92 Å². The lowest BCUT2D eigenvalue weighted by atomic mass is 10.0. The van der Waals surface area contributed by atoms with Crippen LogP contribution in [0.5, 0.6) is 5.75 Å². The molecule has 1 N–H and O–H groups in total. The summed E-state index contributed by atoms with van der Waals surface area (Å²) < 4.78 is 5.53. The van der Waals surface area contributed by atoms with E-state index in [1.165, 1.54) is 6.20 Å². The molecule has 5 heteroatoms. The van der Waals surface area contributed by atoms with E-state index in [0.717, 1.165) is 11.3 Å². The van der Waals surface area contributed by atoms with Crippen molar-refractivity contribution in [1.29, 1.82) is 5.26 Å². The molecule has 2 heterocycles. The predicted octanol–water partition coefficient (Wildman–Crippen LogP) is 1.17. The number of nitrogens with zero attached hydrogens (tertiary/aromatic N) is 2. The maximum Gasteiger partial charge on any atom is 0.268 e. The maximum atomic E-state index is 11.6. The number of rotatable bonds is 1. The molecule has 0 bridgehead atoms. The minimum Gasteiger partial charge on any atom is -0.492 e. The SMILES string of the molecule is N#Cc1cnc(C2COc3ccccc32)[nH]c1=O. The van der Waals surface area contributed by atoms with Gasteiger partial charge in [0.15, 0.2) is 0 Å². The molecule has 1 aromatic heterocycles. The molecule has 3 rings (SSSR count). The summed E-state index contributed by atoms with van der Waals surface area (Å²) >= 11 is 0. The molecule has 0 spiro atoms. The molecule has 88 valence electrons. The van der Waals surface area contributed by atoms with Gasteiger partial charge in [0.05, 0.1) is 12.1 Å². The molecule has 0 fully saturated rings. The number of fused-ring (bicyclic) bond motifs is 1. The van der Waals surface area contributed by atoms with E-state index in [1.54, 1.807) is 6.07 Å². The van der Waals surface area contributed by atoms with Crippen molar-refractivity contribution >= 4 is 0 Å². The number of nitriles is 1. The van der Waals surface area contributed by atoms with Crippen LogP contribution in [0.4, 0.5) is 0 Å². The Hall–Kier alpha value is -2.61. The Morgan fingerprint density at radius 2 is 2.28 bits per heavy atom. The summed E-state index contributed by atoms with van der Waals surface area (Å²) in [5, 5.41) is 8.70. The average Bonchev–Trinajstić information content (AvgIpc) is 2.82. The highest BCUT2D eigenvalue weighted by Crippen LogP contribution is 2.35. The molecule has 1 aliphatic heterocycles. The molecule has 0 amide bonds. The Bertz CT molecular complexity index is 700. The first-order valence-electron chi connectivity index (χ1n) is 5.50. The van der Waals surface area contributed by atoms with Gasteiger partial charge in [-0.15, -0.1) is 0 Å². The van der Waals surface area contributed by atoms with Gasteiger partial charge in [-0.25, -0.2) is 4.98 Å². The lowest BCUT2D eigenvalue weighted by molar-refractivity contribution is 0.339. The van der Waals surface area contributed by atoms with Crippen LogP contribution in [0.3, 0.4) is 0 Å². The number of nitrogens with one attached hydrogen (secondary N) is 1. The average molecular weight is 239 g/mol. The smallest absolute Gasteiger partial charge is 0.268 e. The first-order valence-corrected chi connectivity index (χ1v) is 5.50. The minimum absolute atomic E-state index is 0.0194. The number of benzene rings is 1. The summed E-state index contributed by atoms with van der Waals surface area (Å²) in [6.07, 6.45) is 1.30. The summed E-state index contributed by atoms with van der Waals surface area (Å²) in [5.74, 6) is 1.26. The quantitative estimate of drug-likeness (QED) is 0.810. The fraction of sp³-hybridized carbons (Fsp3) is 0.154. The Morgan fingerprint density at radius 1 is 1.44 bits per heavy atom. The van der Waals surface area contributed by atoms with E-state index < -0.39 is 5.56 Å². The van der Waals surface area contributed by atoms with Gasteiger partial charge in [0.1, 0.15) is 29.8 Å². The Balaban J connectivity index is 2.06. The summed E-state index contributed by atoms with van der Waals surface area (Å²) in [7, 11) is 0. The summed E-state index contributed by atoms with van der Waals surface area (Å²) in [6.45, 7) is 0.453. The van der Waals surface area contributed by atoms with Gasteiger partial charge in [-0.3, -0.25) is 4.79 Å². The van der Waals surface area contributed by atoms with E-state index in [2.05, 4.69) is 9.97 Å². The number of hydrogen-bond acceptors (Lipinski definition) is 4. The largest absolute Gasteiger partial charge is 0.492 e. The molecule has 1 aromatic carbocycles. The molecule has 1 unspecified atom stereocenters. The molecule has 0 aliphatic carbocycles. The lowest BCUT2D eigenvalue weighted by Gasteiger charge is -2.07. The number of ether oxygens (including phenoxy) is 1. The summed E-state index contributed by atoms with van der Waals surface area (Å²) in [5.41, 5.74) is 0.614. The topological polar surface area (TPSA) is 78.8 Å². The number of aromatic amines is 1. The van der Waals surface area contributed by atoms with Crippen LogP contribution in [0.15, 0.2) is 35.3 Å². The summed E-state index contributed by atoms with van der Waals surface area (Å²) in [6, 6.07) is 9.45. The van der Waals surface area contributed by atoms with Gasteiger partial charge >= 0.3 is 0 Å². The highest BCUT2D eigenvalue weighted by atomic mass is 16.5. The van der Waals surface area contributed by atoms with Gasteiger partial charge < -0.3 is 9.72 Å². The molecule has 18 heavy (non-hydrogen) atoms. The number of para-hydroxylation sites is 1. The molecular formula is C13H9N3O2. The number of H-pyrrole nitrogens is 1. The second kappa shape index (κ2) is 4.00. The fourth-order valence-electron chi connectivity index (χ4n) is 2.05. The van der Waals surface area contributed by atoms with Crippen LogP contribution in [0, 0.1) is 11.3 Å². The highest BCUT2D eigenvalue weighted by molar-refractivity contribution is 5.42. The van der Waals surface area contributed by atoms with Crippen LogP contribution >= 0.6 is 0 Å². The van der Waals surface area contributed by atoms with Crippen LogP contribution in [0.1, 0.15) is 22.9 Å². The van der Waals surface area contributed by atoms with Gasteiger partial charge in [-0.05, 0) is 6.07 Å². The van der Waals surface area contributed by atoms with Crippen molar-refractivity contribution in [3.05, 3.63) is 57.8 Å². The normalized spacial score (nSPS) is 16.7. The monoisotopic (exact) mass is 239 g/mol. The molecule has 1 aliphatic rings.